The zero-order valence-corrected chi connectivity index (χ0v) is 14.6. The van der Waals surface area contributed by atoms with Crippen molar-refractivity contribution in [3.8, 4) is 0 Å². The van der Waals surface area contributed by atoms with Crippen molar-refractivity contribution in [3.05, 3.63) is 0 Å². The summed E-state index contributed by atoms with van der Waals surface area (Å²) in [6.45, 7) is 14.2. The third-order valence-corrected chi connectivity index (χ3v) is 8.92. The van der Waals surface area contributed by atoms with Gasteiger partial charge < -0.3 is 9.63 Å². The number of hydrogen-bond donors (Lipinski definition) is 1. The summed E-state index contributed by atoms with van der Waals surface area (Å²) in [7, 11) is -1.59. The fourth-order valence-electron chi connectivity index (χ4n) is 1.24. The molecule has 0 aromatic carbocycles. The van der Waals surface area contributed by atoms with E-state index in [1.165, 1.54) is 0 Å². The van der Waals surface area contributed by atoms with Crippen LogP contribution in [0.5, 0.6) is 0 Å². The lowest BCUT2D eigenvalue weighted by molar-refractivity contribution is 0.279. The Labute approximate surface area is 118 Å². The maximum atomic E-state index is 8.79. The van der Waals surface area contributed by atoms with Gasteiger partial charge in [0.15, 0.2) is 8.32 Å². The number of unbranched alkanes of at least 4 members (excludes halogenated alkanes) is 1. The molecule has 0 heterocycles. The van der Waals surface area contributed by atoms with E-state index < -0.39 is 8.32 Å². The molecule has 0 fully saturated rings. The third kappa shape index (κ3) is 6.80. The van der Waals surface area contributed by atoms with E-state index in [-0.39, 0.29) is 5.04 Å². The minimum Gasteiger partial charge on any atom is -0.417 e. The van der Waals surface area contributed by atoms with Crippen LogP contribution in [0.15, 0.2) is 5.16 Å². The Bertz CT molecular complexity index is 262. The molecule has 3 nitrogen and oxygen atoms in total. The molecule has 0 radical (unpaired) electrons. The smallest absolute Gasteiger partial charge is 0.191 e. The Morgan fingerprint density at radius 1 is 1.28 bits per heavy atom. The molecule has 0 aromatic rings. The van der Waals surface area contributed by atoms with Crippen molar-refractivity contribution in [2.75, 3.05) is 12.4 Å². The Balaban J connectivity index is 3.81. The van der Waals surface area contributed by atoms with E-state index >= 15 is 0 Å². The van der Waals surface area contributed by atoms with Gasteiger partial charge in [0.2, 0.25) is 0 Å². The molecule has 0 saturated carbocycles. The van der Waals surface area contributed by atoms with Gasteiger partial charge in [-0.25, -0.2) is 0 Å². The first kappa shape index (κ1) is 18.0. The minimum absolute atomic E-state index is 0.281. The highest BCUT2D eigenvalue weighted by molar-refractivity contribution is 8.13. The number of thioether (sulfide) groups is 1. The quantitative estimate of drug-likeness (QED) is 0.184. The summed E-state index contributed by atoms with van der Waals surface area (Å²) >= 11 is 1.61. The van der Waals surface area contributed by atoms with Crippen molar-refractivity contribution in [3.63, 3.8) is 0 Å². The van der Waals surface area contributed by atoms with Crippen LogP contribution < -0.4 is 0 Å². The lowest BCUT2D eigenvalue weighted by Gasteiger charge is -2.36. The standard InChI is InChI=1S/C13H29NO2SSi/c1-7-17-12(14-15)10-8-9-11-16-18(5,6)13(2,3)4/h15H,7-11H2,1-6H3/b14-12-. The van der Waals surface area contributed by atoms with E-state index in [2.05, 4.69) is 45.9 Å². The molecule has 0 aliphatic rings. The van der Waals surface area contributed by atoms with E-state index in [1.54, 1.807) is 11.8 Å². The average Bonchev–Trinajstić information content (AvgIpc) is 2.25. The Kier molecular flexibility index (Phi) is 8.22. The zero-order chi connectivity index (χ0) is 14.2. The number of nitrogens with zero attached hydrogens (tertiary/aromatic N) is 1. The van der Waals surface area contributed by atoms with Crippen LogP contribution in [0.1, 0.15) is 47.0 Å². The second kappa shape index (κ2) is 8.22. The van der Waals surface area contributed by atoms with E-state index in [1.807, 2.05) is 0 Å². The Morgan fingerprint density at radius 3 is 2.33 bits per heavy atom. The van der Waals surface area contributed by atoms with Gasteiger partial charge in [0.05, 0.1) is 0 Å². The van der Waals surface area contributed by atoms with E-state index in [9.17, 15) is 0 Å². The van der Waals surface area contributed by atoms with E-state index in [0.29, 0.717) is 0 Å². The molecule has 0 aliphatic carbocycles. The molecule has 0 rings (SSSR count). The maximum absolute atomic E-state index is 8.79. The molecule has 0 amide bonds. The highest BCUT2D eigenvalue weighted by Gasteiger charge is 2.36. The molecule has 0 spiro atoms. The molecule has 0 aliphatic heterocycles. The van der Waals surface area contributed by atoms with Crippen molar-refractivity contribution < 1.29 is 9.63 Å². The predicted octanol–water partition coefficient (Wildman–Crippen LogP) is 4.72. The van der Waals surface area contributed by atoms with Crippen LogP contribution in [0.2, 0.25) is 18.1 Å². The highest BCUT2D eigenvalue weighted by Crippen LogP contribution is 2.36. The summed E-state index contributed by atoms with van der Waals surface area (Å²) in [4.78, 5) is 0. The van der Waals surface area contributed by atoms with Gasteiger partial charge >= 0.3 is 0 Å². The summed E-state index contributed by atoms with van der Waals surface area (Å²) in [6, 6.07) is 0. The van der Waals surface area contributed by atoms with Crippen LogP contribution in [0.4, 0.5) is 0 Å². The van der Waals surface area contributed by atoms with Gasteiger partial charge in [-0.2, -0.15) is 0 Å². The second-order valence-electron chi connectivity index (χ2n) is 5.99. The molecule has 1 N–H and O–H groups in total. The molecule has 5 heteroatoms. The monoisotopic (exact) mass is 291 g/mol. The summed E-state index contributed by atoms with van der Waals surface area (Å²) in [5.41, 5.74) is 0. The molecule has 0 atom stereocenters. The van der Waals surface area contributed by atoms with Gasteiger partial charge in [-0.05, 0) is 43.1 Å². The SMILES string of the molecule is CCS/C(CCCCO[Si](C)(C)C(C)(C)C)=N\O. The molecular weight excluding hydrogens is 262 g/mol. The van der Waals surface area contributed by atoms with E-state index in [0.717, 1.165) is 36.7 Å². The van der Waals surface area contributed by atoms with Crippen LogP contribution in [0.25, 0.3) is 0 Å². The Hall–Kier alpha value is -0.00312. The lowest BCUT2D eigenvalue weighted by atomic mass is 10.2. The van der Waals surface area contributed by atoms with Crippen LogP contribution in [-0.2, 0) is 4.43 Å². The third-order valence-electron chi connectivity index (χ3n) is 3.48. The first-order chi connectivity index (χ1) is 8.24. The van der Waals surface area contributed by atoms with Gasteiger partial charge in [0, 0.05) is 6.61 Å². The summed E-state index contributed by atoms with van der Waals surface area (Å²) in [5, 5.41) is 13.2. The van der Waals surface area contributed by atoms with Gasteiger partial charge in [-0.1, -0.05) is 32.9 Å². The van der Waals surface area contributed by atoms with Gasteiger partial charge in [-0.3, -0.25) is 0 Å². The molecule has 108 valence electrons. The average molecular weight is 292 g/mol. The second-order valence-corrected chi connectivity index (χ2v) is 12.1. The molecular formula is C13H29NO2SSi. The molecule has 0 saturated heterocycles. The highest BCUT2D eigenvalue weighted by atomic mass is 32.2. The molecule has 0 unspecified atom stereocenters. The number of rotatable bonds is 7. The number of oxime groups is 1. The molecule has 0 aromatic heterocycles. The fraction of sp³-hybridized carbons (Fsp3) is 0.923. The summed E-state index contributed by atoms with van der Waals surface area (Å²) < 4.78 is 6.10. The number of hydrogen-bond acceptors (Lipinski definition) is 4. The normalized spacial score (nSPS) is 14.0. The van der Waals surface area contributed by atoms with Crippen molar-refractivity contribution in [1.82, 2.24) is 0 Å². The van der Waals surface area contributed by atoms with Gasteiger partial charge in [0.1, 0.15) is 5.04 Å². The van der Waals surface area contributed by atoms with Crippen molar-refractivity contribution in [2.24, 2.45) is 5.16 Å². The minimum atomic E-state index is -1.59. The van der Waals surface area contributed by atoms with Crippen LogP contribution >= 0.6 is 11.8 Å². The van der Waals surface area contributed by atoms with Crippen molar-refractivity contribution in [2.45, 2.75) is 65.1 Å². The van der Waals surface area contributed by atoms with E-state index in [4.69, 9.17) is 9.63 Å². The van der Waals surface area contributed by atoms with Crippen LogP contribution in [-0.4, -0.2) is 30.9 Å². The first-order valence-electron chi connectivity index (χ1n) is 6.72. The lowest BCUT2D eigenvalue weighted by Crippen LogP contribution is -2.40. The first-order valence-corrected chi connectivity index (χ1v) is 10.6. The van der Waals surface area contributed by atoms with Gasteiger partial charge in [0.25, 0.3) is 0 Å². The zero-order valence-electron chi connectivity index (χ0n) is 12.7. The fourth-order valence-corrected chi connectivity index (χ4v) is 3.01. The summed E-state index contributed by atoms with van der Waals surface area (Å²) in [5.74, 6) is 0.958. The van der Waals surface area contributed by atoms with Crippen molar-refractivity contribution >= 4 is 25.1 Å². The Morgan fingerprint density at radius 2 is 1.89 bits per heavy atom. The molecule has 0 bridgehead atoms. The molecule has 18 heavy (non-hydrogen) atoms. The maximum Gasteiger partial charge on any atom is 0.191 e. The summed E-state index contributed by atoms with van der Waals surface area (Å²) in [6.07, 6.45) is 2.92. The van der Waals surface area contributed by atoms with Crippen LogP contribution in [0.3, 0.4) is 0 Å². The largest absolute Gasteiger partial charge is 0.417 e. The topological polar surface area (TPSA) is 41.8 Å². The predicted molar refractivity (Wildman–Crippen MR) is 84.4 cm³/mol. The van der Waals surface area contributed by atoms with Gasteiger partial charge in [-0.15, -0.1) is 11.8 Å². The van der Waals surface area contributed by atoms with Crippen LogP contribution in [0, 0.1) is 0 Å². The van der Waals surface area contributed by atoms with Crippen molar-refractivity contribution in [1.29, 1.82) is 0 Å².